The molecule has 1 saturated carbocycles. The van der Waals surface area contributed by atoms with E-state index in [0.29, 0.717) is 0 Å². The standard InChI is InChI=1S/C18H15N5.C7H14/c1-12-9-21-18(19)22-17(12)15-10-20-16-8-7-14(11-23(15)16)13-5-3-2-4-6-13;1-7-5-3-2-4-6-7/h2-11H,1H3,(H2,19,21,22);7H,2-6H2,1H3. The first kappa shape index (κ1) is 20.1. The van der Waals surface area contributed by atoms with Crippen LogP contribution in [-0.4, -0.2) is 19.4 Å². The molecular weight excluding hydrogens is 370 g/mol. The Morgan fingerprint density at radius 3 is 2.37 bits per heavy atom. The van der Waals surface area contributed by atoms with Crippen LogP contribution in [0.3, 0.4) is 0 Å². The highest BCUT2D eigenvalue weighted by atomic mass is 15.0. The fourth-order valence-corrected chi connectivity index (χ4v) is 3.98. The van der Waals surface area contributed by atoms with Crippen molar-refractivity contribution >= 4 is 11.6 Å². The molecule has 5 rings (SSSR count). The van der Waals surface area contributed by atoms with Gasteiger partial charge in [-0.05, 0) is 41.7 Å². The molecule has 5 nitrogen and oxygen atoms in total. The first-order valence-electron chi connectivity index (χ1n) is 10.7. The van der Waals surface area contributed by atoms with Gasteiger partial charge in [0.1, 0.15) is 5.65 Å². The molecule has 0 unspecified atom stereocenters. The number of nitrogen functional groups attached to an aromatic ring is 1. The van der Waals surface area contributed by atoms with Gasteiger partial charge in [-0.2, -0.15) is 0 Å². The van der Waals surface area contributed by atoms with Gasteiger partial charge in [0.2, 0.25) is 5.95 Å². The SMILES string of the molecule is CC1CCCCC1.Cc1cnc(N)nc1-c1cnc2ccc(-c3ccccc3)cn12. The van der Waals surface area contributed by atoms with Gasteiger partial charge in [-0.15, -0.1) is 0 Å². The molecule has 0 saturated heterocycles. The Morgan fingerprint density at radius 2 is 1.67 bits per heavy atom. The maximum Gasteiger partial charge on any atom is 0.220 e. The van der Waals surface area contributed by atoms with Gasteiger partial charge in [0.15, 0.2) is 0 Å². The van der Waals surface area contributed by atoms with E-state index in [1.807, 2.05) is 41.8 Å². The van der Waals surface area contributed by atoms with Crippen molar-refractivity contribution in [2.24, 2.45) is 5.92 Å². The lowest BCUT2D eigenvalue weighted by Crippen LogP contribution is -2.00. The normalized spacial score (nSPS) is 14.3. The summed E-state index contributed by atoms with van der Waals surface area (Å²) in [5.41, 5.74) is 11.6. The molecule has 0 aliphatic heterocycles. The van der Waals surface area contributed by atoms with Crippen molar-refractivity contribution in [1.29, 1.82) is 0 Å². The first-order valence-corrected chi connectivity index (χ1v) is 10.7. The highest BCUT2D eigenvalue weighted by molar-refractivity contribution is 5.69. The molecule has 1 aliphatic rings. The number of aryl methyl sites for hydroxylation is 1. The largest absolute Gasteiger partial charge is 0.368 e. The zero-order chi connectivity index (χ0) is 20.9. The summed E-state index contributed by atoms with van der Waals surface area (Å²) >= 11 is 0. The molecule has 2 N–H and O–H groups in total. The molecule has 1 aliphatic carbocycles. The number of hydrogen-bond acceptors (Lipinski definition) is 4. The zero-order valence-corrected chi connectivity index (χ0v) is 17.8. The van der Waals surface area contributed by atoms with Crippen LogP contribution in [0, 0.1) is 12.8 Å². The summed E-state index contributed by atoms with van der Waals surface area (Å²) in [6, 6.07) is 14.3. The zero-order valence-electron chi connectivity index (χ0n) is 17.8. The van der Waals surface area contributed by atoms with Crippen molar-refractivity contribution in [3.63, 3.8) is 0 Å². The highest BCUT2D eigenvalue weighted by Crippen LogP contribution is 2.26. The van der Waals surface area contributed by atoms with E-state index in [9.17, 15) is 0 Å². The van der Waals surface area contributed by atoms with E-state index in [4.69, 9.17) is 5.73 Å². The summed E-state index contributed by atoms with van der Waals surface area (Å²) in [5, 5.41) is 0. The lowest BCUT2D eigenvalue weighted by molar-refractivity contribution is 0.385. The predicted octanol–water partition coefficient (Wildman–Crippen LogP) is 5.94. The number of rotatable bonds is 2. The Labute approximate surface area is 178 Å². The third-order valence-electron chi connectivity index (χ3n) is 5.74. The van der Waals surface area contributed by atoms with E-state index >= 15 is 0 Å². The summed E-state index contributed by atoms with van der Waals surface area (Å²) in [4.78, 5) is 12.9. The summed E-state index contributed by atoms with van der Waals surface area (Å²) in [6.45, 7) is 4.33. The number of anilines is 1. The maximum atomic E-state index is 5.75. The predicted molar refractivity (Wildman–Crippen MR) is 123 cm³/mol. The second-order valence-corrected chi connectivity index (χ2v) is 8.16. The molecule has 0 spiro atoms. The fraction of sp³-hybridized carbons (Fsp3) is 0.320. The van der Waals surface area contributed by atoms with Crippen LogP contribution in [0.4, 0.5) is 5.95 Å². The number of pyridine rings is 1. The highest BCUT2D eigenvalue weighted by Gasteiger charge is 2.12. The molecule has 0 radical (unpaired) electrons. The number of nitrogens with two attached hydrogens (primary N) is 1. The van der Waals surface area contributed by atoms with Gasteiger partial charge >= 0.3 is 0 Å². The van der Waals surface area contributed by atoms with Crippen molar-refractivity contribution in [2.75, 3.05) is 5.73 Å². The van der Waals surface area contributed by atoms with Crippen molar-refractivity contribution in [1.82, 2.24) is 19.4 Å². The molecule has 4 aromatic rings. The van der Waals surface area contributed by atoms with Gasteiger partial charge in [-0.25, -0.2) is 15.0 Å². The smallest absolute Gasteiger partial charge is 0.220 e. The van der Waals surface area contributed by atoms with Crippen LogP contribution >= 0.6 is 0 Å². The number of aromatic nitrogens is 4. The molecule has 154 valence electrons. The van der Waals surface area contributed by atoms with Gasteiger partial charge in [0.25, 0.3) is 0 Å². The second-order valence-electron chi connectivity index (χ2n) is 8.16. The van der Waals surface area contributed by atoms with Gasteiger partial charge in [-0.1, -0.05) is 69.4 Å². The molecule has 3 aromatic heterocycles. The molecule has 1 fully saturated rings. The van der Waals surface area contributed by atoms with Crippen LogP contribution in [0.25, 0.3) is 28.2 Å². The average molecular weight is 400 g/mol. The summed E-state index contributed by atoms with van der Waals surface area (Å²) in [5.74, 6) is 1.30. The molecule has 1 aromatic carbocycles. The Kier molecular flexibility index (Phi) is 6.07. The minimum atomic E-state index is 0.264. The van der Waals surface area contributed by atoms with E-state index in [1.165, 1.54) is 32.1 Å². The number of imidazole rings is 1. The van der Waals surface area contributed by atoms with Crippen LogP contribution in [0.15, 0.2) is 61.1 Å². The quantitative estimate of drug-likeness (QED) is 0.453. The van der Waals surface area contributed by atoms with E-state index in [0.717, 1.165) is 39.6 Å². The molecule has 0 amide bonds. The van der Waals surface area contributed by atoms with Crippen LogP contribution in [0.1, 0.15) is 44.6 Å². The van der Waals surface area contributed by atoms with Crippen molar-refractivity contribution in [2.45, 2.75) is 46.0 Å². The number of nitrogens with zero attached hydrogens (tertiary/aromatic N) is 4. The molecule has 0 atom stereocenters. The Balaban J connectivity index is 0.000000265. The maximum absolute atomic E-state index is 5.75. The molecule has 5 heteroatoms. The molecular formula is C25H29N5. The molecule has 3 heterocycles. The Bertz CT molecular complexity index is 1110. The van der Waals surface area contributed by atoms with Crippen molar-refractivity contribution in [3.8, 4) is 22.5 Å². The topological polar surface area (TPSA) is 69.1 Å². The third-order valence-corrected chi connectivity index (χ3v) is 5.74. The van der Waals surface area contributed by atoms with E-state index in [-0.39, 0.29) is 5.95 Å². The van der Waals surface area contributed by atoms with Gasteiger partial charge in [-0.3, -0.25) is 4.40 Å². The first-order chi connectivity index (χ1) is 14.6. The fourth-order valence-electron chi connectivity index (χ4n) is 3.98. The van der Waals surface area contributed by atoms with E-state index in [1.54, 1.807) is 6.20 Å². The van der Waals surface area contributed by atoms with Crippen LogP contribution in [0.5, 0.6) is 0 Å². The lowest BCUT2D eigenvalue weighted by Gasteiger charge is -2.15. The van der Waals surface area contributed by atoms with Crippen molar-refractivity contribution < 1.29 is 0 Å². The summed E-state index contributed by atoms with van der Waals surface area (Å²) in [7, 11) is 0. The molecule has 30 heavy (non-hydrogen) atoms. The number of fused-ring (bicyclic) bond motifs is 1. The summed E-state index contributed by atoms with van der Waals surface area (Å²) < 4.78 is 2.04. The van der Waals surface area contributed by atoms with Crippen LogP contribution < -0.4 is 5.73 Å². The minimum absolute atomic E-state index is 0.264. The van der Waals surface area contributed by atoms with E-state index in [2.05, 4.69) is 46.3 Å². The van der Waals surface area contributed by atoms with Crippen LogP contribution in [-0.2, 0) is 0 Å². The number of hydrogen-bond donors (Lipinski definition) is 1. The summed E-state index contributed by atoms with van der Waals surface area (Å²) in [6.07, 6.45) is 13.1. The van der Waals surface area contributed by atoms with Gasteiger partial charge < -0.3 is 5.73 Å². The lowest BCUT2D eigenvalue weighted by atomic mass is 9.91. The second kappa shape index (κ2) is 9.08. The monoisotopic (exact) mass is 399 g/mol. The third kappa shape index (κ3) is 4.51. The Hall–Kier alpha value is -3.21. The van der Waals surface area contributed by atoms with Gasteiger partial charge in [0, 0.05) is 12.4 Å². The van der Waals surface area contributed by atoms with E-state index < -0.39 is 0 Å². The average Bonchev–Trinajstić information content (AvgIpc) is 3.20. The minimum Gasteiger partial charge on any atom is -0.368 e. The molecule has 0 bridgehead atoms. The Morgan fingerprint density at radius 1 is 0.900 bits per heavy atom. The number of benzene rings is 1. The van der Waals surface area contributed by atoms with Crippen molar-refractivity contribution in [3.05, 3.63) is 66.6 Å². The van der Waals surface area contributed by atoms with Gasteiger partial charge in [0.05, 0.1) is 17.6 Å². The van der Waals surface area contributed by atoms with Crippen LogP contribution in [0.2, 0.25) is 0 Å².